The van der Waals surface area contributed by atoms with Gasteiger partial charge in [0.05, 0.1) is 0 Å². The van der Waals surface area contributed by atoms with E-state index in [1.165, 1.54) is 6.07 Å². The molecule has 0 unspecified atom stereocenters. The molecule has 0 aliphatic heterocycles. The van der Waals surface area contributed by atoms with Crippen LogP contribution in [-0.4, -0.2) is 13.0 Å². The maximum Gasteiger partial charge on any atom is 1.00 e. The first-order valence-corrected chi connectivity index (χ1v) is 6.52. The molecule has 0 fully saturated rings. The Labute approximate surface area is 123 Å². The molecule has 0 radical (unpaired) electrons. The van der Waals surface area contributed by atoms with E-state index in [4.69, 9.17) is 4.55 Å². The predicted octanol–water partition coefficient (Wildman–Crippen LogP) is -0.698. The van der Waals surface area contributed by atoms with Crippen LogP contribution in [0.25, 0.3) is 10.8 Å². The third-order valence-corrected chi connectivity index (χ3v) is 4.03. The second-order valence-electron chi connectivity index (χ2n) is 4.04. The fourth-order valence-corrected chi connectivity index (χ4v) is 3.13. The Kier molecular flexibility index (Phi) is 3.36. The normalized spacial score (nSPS) is 13.7. The number of rotatable bonds is 1. The van der Waals surface area contributed by atoms with Crippen molar-refractivity contribution in [3.63, 3.8) is 0 Å². The molecule has 0 saturated heterocycles. The van der Waals surface area contributed by atoms with Crippen molar-refractivity contribution in [2.24, 2.45) is 0 Å². The van der Waals surface area contributed by atoms with Crippen LogP contribution in [0.3, 0.4) is 0 Å². The quantitative estimate of drug-likeness (QED) is 0.544. The Bertz CT molecular complexity index is 688. The topological polar surface area (TPSA) is 54.4 Å². The zero-order valence-corrected chi connectivity index (χ0v) is 12.3. The summed E-state index contributed by atoms with van der Waals surface area (Å²) in [7, 11) is -4.14. The summed E-state index contributed by atoms with van der Waals surface area (Å²) in [6, 6.07) is 8.87. The average molecular weight is 258 g/mol. The molecular formula is C12H11NaO3S. The molecule has 0 spiro atoms. The fourth-order valence-electron chi connectivity index (χ4n) is 2.45. The standard InChI is InChI=1S/C12H10O3S.Na.H/c13-16(14,15)11-7-6-9-5-4-8-2-1-3-10(11)12(8)9;;/h1-3,6-7H,4-5H2,(H,13,14,15);;/q;+1;-1. The maximum atomic E-state index is 11.2. The number of aryl methyl sites for hydroxylation is 2. The first-order chi connectivity index (χ1) is 7.57. The van der Waals surface area contributed by atoms with Gasteiger partial charge in [0.1, 0.15) is 4.90 Å². The molecule has 1 aliphatic carbocycles. The third-order valence-electron chi connectivity index (χ3n) is 3.11. The van der Waals surface area contributed by atoms with E-state index < -0.39 is 10.1 Å². The molecule has 0 heterocycles. The first kappa shape index (κ1) is 13.1. The third kappa shape index (κ3) is 2.04. The van der Waals surface area contributed by atoms with E-state index in [2.05, 4.69) is 0 Å². The maximum absolute atomic E-state index is 11.2. The van der Waals surface area contributed by atoms with Gasteiger partial charge in [0, 0.05) is 5.39 Å². The Morgan fingerprint density at radius 1 is 1.06 bits per heavy atom. The van der Waals surface area contributed by atoms with E-state index in [1.54, 1.807) is 12.1 Å². The molecule has 0 bridgehead atoms. The monoisotopic (exact) mass is 258 g/mol. The Morgan fingerprint density at radius 3 is 2.35 bits per heavy atom. The molecule has 3 rings (SSSR count). The van der Waals surface area contributed by atoms with E-state index in [9.17, 15) is 8.42 Å². The van der Waals surface area contributed by atoms with Gasteiger partial charge in [-0.1, -0.05) is 24.3 Å². The molecule has 2 aromatic carbocycles. The minimum absolute atomic E-state index is 0. The van der Waals surface area contributed by atoms with E-state index >= 15 is 0 Å². The molecule has 0 saturated carbocycles. The summed E-state index contributed by atoms with van der Waals surface area (Å²) in [6.45, 7) is 0. The van der Waals surface area contributed by atoms with Crippen LogP contribution in [0.1, 0.15) is 12.6 Å². The van der Waals surface area contributed by atoms with Gasteiger partial charge >= 0.3 is 29.6 Å². The molecule has 0 atom stereocenters. The SMILES string of the molecule is O=S(=O)(O)c1ccc2c3c(cccc13)CC2.[H-].[Na+]. The Hall–Kier alpha value is -0.390. The van der Waals surface area contributed by atoms with Crippen LogP contribution in [0.15, 0.2) is 35.2 Å². The van der Waals surface area contributed by atoms with Gasteiger partial charge in [-0.3, -0.25) is 4.55 Å². The molecule has 3 nitrogen and oxygen atoms in total. The second-order valence-corrected chi connectivity index (χ2v) is 5.43. The van der Waals surface area contributed by atoms with Crippen LogP contribution in [0.2, 0.25) is 0 Å². The van der Waals surface area contributed by atoms with E-state index in [1.807, 2.05) is 12.1 Å². The average Bonchev–Trinajstić information content (AvgIpc) is 2.63. The predicted molar refractivity (Wildman–Crippen MR) is 62.3 cm³/mol. The van der Waals surface area contributed by atoms with Crippen molar-refractivity contribution in [2.75, 3.05) is 0 Å². The first-order valence-electron chi connectivity index (χ1n) is 5.08. The molecular weight excluding hydrogens is 247 g/mol. The van der Waals surface area contributed by atoms with Gasteiger partial charge < -0.3 is 1.43 Å². The van der Waals surface area contributed by atoms with Crippen molar-refractivity contribution < 1.29 is 44.0 Å². The van der Waals surface area contributed by atoms with Gasteiger partial charge in [-0.2, -0.15) is 8.42 Å². The summed E-state index contributed by atoms with van der Waals surface area (Å²) >= 11 is 0. The van der Waals surface area contributed by atoms with E-state index in [0.29, 0.717) is 5.39 Å². The van der Waals surface area contributed by atoms with Crippen LogP contribution in [0.5, 0.6) is 0 Å². The van der Waals surface area contributed by atoms with Gasteiger partial charge in [0.25, 0.3) is 10.1 Å². The molecule has 0 amide bonds. The van der Waals surface area contributed by atoms with Gasteiger partial charge in [0.2, 0.25) is 0 Å². The summed E-state index contributed by atoms with van der Waals surface area (Å²) in [6.07, 6.45) is 1.89. The summed E-state index contributed by atoms with van der Waals surface area (Å²) in [5.74, 6) is 0. The van der Waals surface area contributed by atoms with Crippen molar-refractivity contribution in [1.29, 1.82) is 0 Å². The minimum Gasteiger partial charge on any atom is -1.00 e. The van der Waals surface area contributed by atoms with Crippen molar-refractivity contribution in [2.45, 2.75) is 17.7 Å². The zero-order valence-electron chi connectivity index (χ0n) is 10.5. The van der Waals surface area contributed by atoms with Gasteiger partial charge in [-0.15, -0.1) is 0 Å². The Morgan fingerprint density at radius 2 is 1.71 bits per heavy atom. The van der Waals surface area contributed by atoms with E-state index in [-0.39, 0.29) is 35.9 Å². The van der Waals surface area contributed by atoms with Crippen LogP contribution >= 0.6 is 0 Å². The zero-order chi connectivity index (χ0) is 11.3. The smallest absolute Gasteiger partial charge is 1.00 e. The van der Waals surface area contributed by atoms with Gasteiger partial charge in [-0.25, -0.2) is 0 Å². The molecule has 0 aromatic heterocycles. The Balaban J connectivity index is 0.000000810. The minimum atomic E-state index is -4.14. The van der Waals surface area contributed by atoms with Gasteiger partial charge in [0.15, 0.2) is 0 Å². The summed E-state index contributed by atoms with van der Waals surface area (Å²) in [4.78, 5) is 0.00926. The van der Waals surface area contributed by atoms with Crippen LogP contribution in [0.4, 0.5) is 0 Å². The van der Waals surface area contributed by atoms with Crippen LogP contribution in [0, 0.1) is 0 Å². The molecule has 17 heavy (non-hydrogen) atoms. The molecule has 1 N–H and O–H groups in total. The fraction of sp³-hybridized carbons (Fsp3) is 0.167. The largest absolute Gasteiger partial charge is 1.00 e. The molecule has 5 heteroatoms. The number of benzene rings is 2. The van der Waals surface area contributed by atoms with Crippen molar-refractivity contribution in [3.8, 4) is 0 Å². The molecule has 2 aromatic rings. The van der Waals surface area contributed by atoms with Crippen molar-refractivity contribution >= 4 is 20.9 Å². The van der Waals surface area contributed by atoms with Crippen molar-refractivity contribution in [1.82, 2.24) is 0 Å². The van der Waals surface area contributed by atoms with E-state index in [0.717, 1.165) is 29.4 Å². The molecule has 1 aliphatic rings. The summed E-state index contributed by atoms with van der Waals surface area (Å²) in [5, 5.41) is 1.63. The summed E-state index contributed by atoms with van der Waals surface area (Å²) in [5.41, 5.74) is 2.33. The van der Waals surface area contributed by atoms with Crippen LogP contribution < -0.4 is 29.6 Å². The van der Waals surface area contributed by atoms with Crippen LogP contribution in [-0.2, 0) is 23.0 Å². The second kappa shape index (κ2) is 4.37. The number of hydrogen-bond donors (Lipinski definition) is 1. The molecule has 84 valence electrons. The summed E-state index contributed by atoms with van der Waals surface area (Å²) < 4.78 is 31.7. The number of hydrogen-bond acceptors (Lipinski definition) is 2. The van der Waals surface area contributed by atoms with Gasteiger partial charge in [-0.05, 0) is 35.4 Å². The van der Waals surface area contributed by atoms with Crippen molar-refractivity contribution in [3.05, 3.63) is 41.5 Å².